The van der Waals surface area contributed by atoms with Gasteiger partial charge >= 0.3 is 5.97 Å². The van der Waals surface area contributed by atoms with E-state index in [-0.39, 0.29) is 6.42 Å². The summed E-state index contributed by atoms with van der Waals surface area (Å²) in [5.41, 5.74) is 3.20. The second-order valence-electron chi connectivity index (χ2n) is 4.82. The lowest BCUT2D eigenvalue weighted by molar-refractivity contribution is -0.136. The van der Waals surface area contributed by atoms with Gasteiger partial charge in [-0.1, -0.05) is 36.4 Å². The van der Waals surface area contributed by atoms with Gasteiger partial charge in [0, 0.05) is 13.6 Å². The first-order chi connectivity index (χ1) is 10.1. The number of carboxylic acids is 1. The summed E-state index contributed by atoms with van der Waals surface area (Å²) in [6, 6.07) is 17.0. The smallest absolute Gasteiger partial charge is 0.307 e. The average molecular weight is 280 g/mol. The van der Waals surface area contributed by atoms with Crippen LogP contribution >= 0.6 is 0 Å². The van der Waals surface area contributed by atoms with Crippen LogP contribution in [0.5, 0.6) is 0 Å². The van der Waals surface area contributed by atoms with E-state index in [0.29, 0.717) is 12.1 Å². The van der Waals surface area contributed by atoms with E-state index >= 15 is 0 Å². The fourth-order valence-corrected chi connectivity index (χ4v) is 2.29. The number of benzene rings is 2. The lowest BCUT2D eigenvalue weighted by Gasteiger charge is -2.22. The Morgan fingerprint density at radius 3 is 2.43 bits per heavy atom. The van der Waals surface area contributed by atoms with Crippen molar-refractivity contribution in [1.82, 2.24) is 0 Å². The van der Waals surface area contributed by atoms with Crippen LogP contribution in [0.4, 0.5) is 5.69 Å². The SMILES string of the molecule is CN(Cc1ccccc1CC(=O)O)c1ccccc1C#N. The Labute approximate surface area is 123 Å². The number of carbonyl (C=O) groups is 1. The number of nitrogens with zero attached hydrogens (tertiary/aromatic N) is 2. The highest BCUT2D eigenvalue weighted by molar-refractivity contribution is 5.71. The second kappa shape index (κ2) is 6.58. The highest BCUT2D eigenvalue weighted by Crippen LogP contribution is 2.21. The Kier molecular flexibility index (Phi) is 4.57. The first-order valence-electron chi connectivity index (χ1n) is 6.60. The van der Waals surface area contributed by atoms with Crippen molar-refractivity contribution in [2.75, 3.05) is 11.9 Å². The molecule has 0 aliphatic carbocycles. The molecule has 0 radical (unpaired) electrons. The third-order valence-corrected chi connectivity index (χ3v) is 3.30. The predicted molar refractivity (Wildman–Crippen MR) is 81.0 cm³/mol. The maximum atomic E-state index is 10.9. The van der Waals surface area contributed by atoms with Crippen molar-refractivity contribution < 1.29 is 9.90 Å². The molecule has 2 aromatic rings. The number of anilines is 1. The van der Waals surface area contributed by atoms with E-state index in [1.54, 1.807) is 6.07 Å². The molecular formula is C17H16N2O2. The number of carboxylic acid groups (broad SMARTS) is 1. The summed E-state index contributed by atoms with van der Waals surface area (Å²) in [5, 5.41) is 18.1. The zero-order valence-corrected chi connectivity index (χ0v) is 11.8. The molecule has 0 aliphatic heterocycles. The maximum Gasteiger partial charge on any atom is 0.307 e. The largest absolute Gasteiger partial charge is 0.481 e. The van der Waals surface area contributed by atoms with Crippen molar-refractivity contribution in [3.8, 4) is 6.07 Å². The Bertz CT molecular complexity index is 689. The molecule has 0 aromatic heterocycles. The molecule has 106 valence electrons. The number of nitriles is 1. The number of para-hydroxylation sites is 1. The molecule has 2 rings (SSSR count). The van der Waals surface area contributed by atoms with E-state index in [0.717, 1.165) is 16.8 Å². The summed E-state index contributed by atoms with van der Waals surface area (Å²) in [7, 11) is 1.90. The van der Waals surface area contributed by atoms with Crippen LogP contribution in [0.25, 0.3) is 0 Å². The van der Waals surface area contributed by atoms with Gasteiger partial charge < -0.3 is 10.0 Å². The highest BCUT2D eigenvalue weighted by Gasteiger charge is 2.11. The molecule has 0 bridgehead atoms. The fraction of sp³-hybridized carbons (Fsp3) is 0.176. The Hall–Kier alpha value is -2.80. The minimum atomic E-state index is -0.845. The molecule has 0 spiro atoms. The molecule has 0 atom stereocenters. The molecule has 0 unspecified atom stereocenters. The molecule has 0 aliphatic rings. The van der Waals surface area contributed by atoms with E-state index < -0.39 is 5.97 Å². The lowest BCUT2D eigenvalue weighted by atomic mass is 10.0. The standard InChI is InChI=1S/C17H16N2O2/c1-19(16-9-5-4-7-14(16)11-18)12-15-8-3-2-6-13(15)10-17(20)21/h2-9H,10,12H2,1H3,(H,20,21). The van der Waals surface area contributed by atoms with Gasteiger partial charge in [0.1, 0.15) is 6.07 Å². The number of hydrogen-bond acceptors (Lipinski definition) is 3. The highest BCUT2D eigenvalue weighted by atomic mass is 16.4. The van der Waals surface area contributed by atoms with E-state index in [1.807, 2.05) is 54.4 Å². The lowest BCUT2D eigenvalue weighted by Crippen LogP contribution is -2.19. The predicted octanol–water partition coefficient (Wildman–Crippen LogP) is 2.82. The summed E-state index contributed by atoms with van der Waals surface area (Å²) in [4.78, 5) is 12.9. The summed E-state index contributed by atoms with van der Waals surface area (Å²) in [6.45, 7) is 0.558. The second-order valence-corrected chi connectivity index (χ2v) is 4.82. The molecule has 0 fully saturated rings. The third-order valence-electron chi connectivity index (χ3n) is 3.30. The summed E-state index contributed by atoms with van der Waals surface area (Å²) >= 11 is 0. The molecule has 0 saturated heterocycles. The normalized spacial score (nSPS) is 9.90. The van der Waals surface area contributed by atoms with Crippen LogP contribution in [0.1, 0.15) is 16.7 Å². The van der Waals surface area contributed by atoms with Crippen LogP contribution in [-0.2, 0) is 17.8 Å². The van der Waals surface area contributed by atoms with Gasteiger partial charge in [0.15, 0.2) is 0 Å². The van der Waals surface area contributed by atoms with Crippen molar-refractivity contribution in [2.24, 2.45) is 0 Å². The van der Waals surface area contributed by atoms with Gasteiger partial charge in [0.05, 0.1) is 17.7 Å². The zero-order valence-electron chi connectivity index (χ0n) is 11.8. The van der Waals surface area contributed by atoms with Crippen LogP contribution in [0.2, 0.25) is 0 Å². The van der Waals surface area contributed by atoms with Crippen molar-refractivity contribution in [3.05, 3.63) is 65.2 Å². The first kappa shape index (κ1) is 14.6. The van der Waals surface area contributed by atoms with Crippen LogP contribution in [0, 0.1) is 11.3 Å². The van der Waals surface area contributed by atoms with Crippen molar-refractivity contribution in [3.63, 3.8) is 0 Å². The van der Waals surface area contributed by atoms with E-state index in [9.17, 15) is 4.79 Å². The number of hydrogen-bond donors (Lipinski definition) is 1. The van der Waals surface area contributed by atoms with Crippen molar-refractivity contribution in [1.29, 1.82) is 5.26 Å². The van der Waals surface area contributed by atoms with Gasteiger partial charge in [-0.3, -0.25) is 4.79 Å². The zero-order chi connectivity index (χ0) is 15.2. The van der Waals surface area contributed by atoms with Crippen LogP contribution < -0.4 is 4.90 Å². The summed E-state index contributed by atoms with van der Waals surface area (Å²) in [6.07, 6.45) is 0.00388. The van der Waals surface area contributed by atoms with Crippen LogP contribution in [-0.4, -0.2) is 18.1 Å². The topological polar surface area (TPSA) is 64.3 Å². The van der Waals surface area contributed by atoms with Crippen LogP contribution in [0.15, 0.2) is 48.5 Å². The monoisotopic (exact) mass is 280 g/mol. The third kappa shape index (κ3) is 3.61. The van der Waals surface area contributed by atoms with Gasteiger partial charge in [-0.05, 0) is 23.3 Å². The van der Waals surface area contributed by atoms with E-state index in [1.165, 1.54) is 0 Å². The summed E-state index contributed by atoms with van der Waals surface area (Å²) < 4.78 is 0. The molecule has 0 amide bonds. The Balaban J connectivity index is 2.26. The Morgan fingerprint density at radius 1 is 1.14 bits per heavy atom. The van der Waals surface area contributed by atoms with Gasteiger partial charge in [-0.2, -0.15) is 5.26 Å². The minimum absolute atomic E-state index is 0.00388. The average Bonchev–Trinajstić information content (AvgIpc) is 2.48. The molecule has 0 saturated carbocycles. The number of rotatable bonds is 5. The van der Waals surface area contributed by atoms with E-state index in [2.05, 4.69) is 6.07 Å². The summed E-state index contributed by atoms with van der Waals surface area (Å²) in [5.74, 6) is -0.845. The molecular weight excluding hydrogens is 264 g/mol. The number of aliphatic carboxylic acids is 1. The molecule has 2 aromatic carbocycles. The van der Waals surface area contributed by atoms with Gasteiger partial charge in [-0.15, -0.1) is 0 Å². The molecule has 21 heavy (non-hydrogen) atoms. The fourth-order valence-electron chi connectivity index (χ4n) is 2.29. The van der Waals surface area contributed by atoms with E-state index in [4.69, 9.17) is 10.4 Å². The van der Waals surface area contributed by atoms with Gasteiger partial charge in [0.25, 0.3) is 0 Å². The van der Waals surface area contributed by atoms with Crippen molar-refractivity contribution in [2.45, 2.75) is 13.0 Å². The van der Waals surface area contributed by atoms with Crippen LogP contribution in [0.3, 0.4) is 0 Å². The van der Waals surface area contributed by atoms with Gasteiger partial charge in [0.2, 0.25) is 0 Å². The minimum Gasteiger partial charge on any atom is -0.481 e. The quantitative estimate of drug-likeness (QED) is 0.914. The maximum absolute atomic E-state index is 10.9. The molecule has 4 heteroatoms. The molecule has 1 N–H and O–H groups in total. The Morgan fingerprint density at radius 2 is 1.76 bits per heavy atom. The molecule has 4 nitrogen and oxygen atoms in total. The van der Waals surface area contributed by atoms with Crippen molar-refractivity contribution >= 4 is 11.7 Å². The molecule has 0 heterocycles. The van der Waals surface area contributed by atoms with Gasteiger partial charge in [-0.25, -0.2) is 0 Å². The first-order valence-corrected chi connectivity index (χ1v) is 6.60.